The van der Waals surface area contributed by atoms with Crippen molar-refractivity contribution >= 4 is 23.4 Å². The molecule has 1 N–H and O–H groups in total. The quantitative estimate of drug-likeness (QED) is 0.680. The number of amides is 1. The van der Waals surface area contributed by atoms with Crippen LogP contribution in [0, 0.1) is 18.3 Å². The van der Waals surface area contributed by atoms with Gasteiger partial charge in [0, 0.05) is 24.5 Å². The highest BCUT2D eigenvalue weighted by Gasteiger charge is 2.12. The summed E-state index contributed by atoms with van der Waals surface area (Å²) in [6.45, 7) is 5.20. The highest BCUT2D eigenvalue weighted by Crippen LogP contribution is 2.18. The van der Waals surface area contributed by atoms with E-state index < -0.39 is 5.91 Å². The third-order valence-corrected chi connectivity index (χ3v) is 4.25. The molecule has 0 aliphatic carbocycles. The normalized spacial score (nSPS) is 14.6. The molecule has 1 saturated heterocycles. The molecule has 0 spiro atoms. The molecule has 5 heteroatoms. The molecule has 0 atom stereocenters. The minimum atomic E-state index is -0.409. The molecule has 26 heavy (non-hydrogen) atoms. The number of ether oxygens (including phenoxy) is 1. The van der Waals surface area contributed by atoms with Gasteiger partial charge < -0.3 is 15.0 Å². The molecule has 2 aromatic carbocycles. The van der Waals surface area contributed by atoms with Crippen molar-refractivity contribution in [3.05, 3.63) is 65.2 Å². The summed E-state index contributed by atoms with van der Waals surface area (Å²) in [6, 6.07) is 17.3. The van der Waals surface area contributed by atoms with Gasteiger partial charge in [-0.3, -0.25) is 4.79 Å². The van der Waals surface area contributed by atoms with E-state index in [1.165, 1.54) is 0 Å². The Bertz CT molecular complexity index is 827. The Labute approximate surface area is 153 Å². The number of carbonyl (C=O) groups excluding carboxylic acids is 1. The van der Waals surface area contributed by atoms with Gasteiger partial charge in [-0.15, -0.1) is 0 Å². The number of nitrogens with zero attached hydrogens (tertiary/aromatic N) is 2. The standard InChI is InChI=1S/C21H21N3O2/c1-16-2-6-19(7-3-16)23-21(25)18(15-22)14-17-4-8-20(9-5-17)24-10-12-26-13-11-24/h2-9,14H,10-13H2,1H3,(H,23,25)/b18-14-. The molecule has 1 aliphatic rings. The monoisotopic (exact) mass is 347 g/mol. The molecule has 0 saturated carbocycles. The zero-order chi connectivity index (χ0) is 18.4. The molecule has 0 radical (unpaired) electrons. The number of aryl methyl sites for hydroxylation is 1. The van der Waals surface area contributed by atoms with Gasteiger partial charge in [0.1, 0.15) is 11.6 Å². The van der Waals surface area contributed by atoms with E-state index in [1.807, 2.05) is 61.5 Å². The Morgan fingerprint density at radius 3 is 2.38 bits per heavy atom. The number of rotatable bonds is 4. The third kappa shape index (κ3) is 4.50. The van der Waals surface area contributed by atoms with E-state index in [4.69, 9.17) is 4.74 Å². The Kier molecular flexibility index (Phi) is 5.67. The molecule has 0 aromatic heterocycles. The average Bonchev–Trinajstić information content (AvgIpc) is 2.69. The van der Waals surface area contributed by atoms with Crippen molar-refractivity contribution in [2.24, 2.45) is 0 Å². The lowest BCUT2D eigenvalue weighted by atomic mass is 10.1. The molecule has 0 bridgehead atoms. The first-order valence-electron chi connectivity index (χ1n) is 8.58. The van der Waals surface area contributed by atoms with Crippen LogP contribution in [0.15, 0.2) is 54.1 Å². The summed E-state index contributed by atoms with van der Waals surface area (Å²) >= 11 is 0. The summed E-state index contributed by atoms with van der Waals surface area (Å²) in [7, 11) is 0. The molecule has 1 amide bonds. The Morgan fingerprint density at radius 2 is 1.77 bits per heavy atom. The van der Waals surface area contributed by atoms with Crippen LogP contribution in [-0.4, -0.2) is 32.2 Å². The van der Waals surface area contributed by atoms with Crippen LogP contribution in [0.4, 0.5) is 11.4 Å². The van der Waals surface area contributed by atoms with Crippen LogP contribution < -0.4 is 10.2 Å². The lowest BCUT2D eigenvalue weighted by Gasteiger charge is -2.28. The van der Waals surface area contributed by atoms with E-state index in [2.05, 4.69) is 10.2 Å². The Morgan fingerprint density at radius 1 is 1.12 bits per heavy atom. The fraction of sp³-hybridized carbons (Fsp3) is 0.238. The van der Waals surface area contributed by atoms with Crippen molar-refractivity contribution in [1.82, 2.24) is 0 Å². The number of benzene rings is 2. The molecule has 1 heterocycles. The van der Waals surface area contributed by atoms with Gasteiger partial charge in [-0.05, 0) is 42.8 Å². The fourth-order valence-electron chi connectivity index (χ4n) is 2.75. The maximum absolute atomic E-state index is 12.3. The summed E-state index contributed by atoms with van der Waals surface area (Å²) in [6.07, 6.45) is 1.60. The largest absolute Gasteiger partial charge is 0.378 e. The number of hydrogen-bond acceptors (Lipinski definition) is 4. The fourth-order valence-corrected chi connectivity index (χ4v) is 2.75. The van der Waals surface area contributed by atoms with Crippen molar-refractivity contribution < 1.29 is 9.53 Å². The summed E-state index contributed by atoms with van der Waals surface area (Å²) < 4.78 is 5.36. The number of carbonyl (C=O) groups is 1. The van der Waals surface area contributed by atoms with Gasteiger partial charge >= 0.3 is 0 Å². The molecule has 132 valence electrons. The second-order valence-corrected chi connectivity index (χ2v) is 6.18. The van der Waals surface area contributed by atoms with Crippen molar-refractivity contribution in [2.75, 3.05) is 36.5 Å². The number of anilines is 2. The molecular weight excluding hydrogens is 326 g/mol. The second kappa shape index (κ2) is 8.32. The number of nitriles is 1. The van der Waals surface area contributed by atoms with Crippen molar-refractivity contribution in [3.63, 3.8) is 0 Å². The molecule has 3 rings (SSSR count). The first-order valence-corrected chi connectivity index (χ1v) is 8.58. The SMILES string of the molecule is Cc1ccc(NC(=O)/C(C#N)=C\c2ccc(N3CCOCC3)cc2)cc1. The predicted octanol–water partition coefficient (Wildman–Crippen LogP) is 3.38. The predicted molar refractivity (Wildman–Crippen MR) is 103 cm³/mol. The zero-order valence-corrected chi connectivity index (χ0v) is 14.7. The number of hydrogen-bond donors (Lipinski definition) is 1. The topological polar surface area (TPSA) is 65.4 Å². The smallest absolute Gasteiger partial charge is 0.266 e. The Hall–Kier alpha value is -3.10. The minimum absolute atomic E-state index is 0.0738. The van der Waals surface area contributed by atoms with Crippen LogP contribution in [0.25, 0.3) is 6.08 Å². The van der Waals surface area contributed by atoms with E-state index in [1.54, 1.807) is 6.08 Å². The Balaban J connectivity index is 1.70. The first kappa shape index (κ1) is 17.7. The van der Waals surface area contributed by atoms with Crippen LogP contribution in [0.2, 0.25) is 0 Å². The van der Waals surface area contributed by atoms with Crippen LogP contribution >= 0.6 is 0 Å². The van der Waals surface area contributed by atoms with Crippen molar-refractivity contribution in [2.45, 2.75) is 6.92 Å². The first-order chi connectivity index (χ1) is 12.7. The van der Waals surface area contributed by atoms with E-state index in [0.29, 0.717) is 5.69 Å². The highest BCUT2D eigenvalue weighted by molar-refractivity contribution is 6.09. The lowest BCUT2D eigenvalue weighted by Crippen LogP contribution is -2.36. The van der Waals surface area contributed by atoms with E-state index in [9.17, 15) is 10.1 Å². The van der Waals surface area contributed by atoms with Gasteiger partial charge in [0.2, 0.25) is 0 Å². The van der Waals surface area contributed by atoms with Gasteiger partial charge in [-0.1, -0.05) is 29.8 Å². The molecule has 2 aromatic rings. The molecular formula is C21H21N3O2. The van der Waals surface area contributed by atoms with Gasteiger partial charge in [0.05, 0.1) is 13.2 Å². The number of nitrogens with one attached hydrogen (secondary N) is 1. The van der Waals surface area contributed by atoms with Gasteiger partial charge in [0.15, 0.2) is 0 Å². The van der Waals surface area contributed by atoms with Crippen molar-refractivity contribution in [3.8, 4) is 6.07 Å². The maximum atomic E-state index is 12.3. The van der Waals surface area contributed by atoms with E-state index >= 15 is 0 Å². The zero-order valence-electron chi connectivity index (χ0n) is 14.7. The van der Waals surface area contributed by atoms with Gasteiger partial charge in [0.25, 0.3) is 5.91 Å². The summed E-state index contributed by atoms with van der Waals surface area (Å²) in [5.74, 6) is -0.409. The summed E-state index contributed by atoms with van der Waals surface area (Å²) in [5.41, 5.74) is 3.79. The van der Waals surface area contributed by atoms with Crippen LogP contribution in [-0.2, 0) is 9.53 Å². The lowest BCUT2D eigenvalue weighted by molar-refractivity contribution is -0.112. The maximum Gasteiger partial charge on any atom is 0.266 e. The average molecular weight is 347 g/mol. The second-order valence-electron chi connectivity index (χ2n) is 6.18. The molecule has 5 nitrogen and oxygen atoms in total. The van der Waals surface area contributed by atoms with Crippen LogP contribution in [0.3, 0.4) is 0 Å². The molecule has 1 aliphatic heterocycles. The third-order valence-electron chi connectivity index (χ3n) is 4.25. The summed E-state index contributed by atoms with van der Waals surface area (Å²) in [5, 5.41) is 12.1. The van der Waals surface area contributed by atoms with Gasteiger partial charge in [-0.25, -0.2) is 0 Å². The highest BCUT2D eigenvalue weighted by atomic mass is 16.5. The van der Waals surface area contributed by atoms with E-state index in [-0.39, 0.29) is 5.57 Å². The number of morpholine rings is 1. The molecule has 0 unspecified atom stereocenters. The summed E-state index contributed by atoms with van der Waals surface area (Å²) in [4.78, 5) is 14.6. The molecule has 1 fully saturated rings. The van der Waals surface area contributed by atoms with Crippen LogP contribution in [0.1, 0.15) is 11.1 Å². The minimum Gasteiger partial charge on any atom is -0.378 e. The van der Waals surface area contributed by atoms with Crippen LogP contribution in [0.5, 0.6) is 0 Å². The van der Waals surface area contributed by atoms with Gasteiger partial charge in [-0.2, -0.15) is 5.26 Å². The van der Waals surface area contributed by atoms with Crippen molar-refractivity contribution in [1.29, 1.82) is 5.26 Å². The van der Waals surface area contributed by atoms with E-state index in [0.717, 1.165) is 43.1 Å².